The van der Waals surface area contributed by atoms with Gasteiger partial charge in [-0.3, -0.25) is 0 Å². The fourth-order valence-electron chi connectivity index (χ4n) is 4.34. The van der Waals surface area contributed by atoms with Crippen LogP contribution in [0.15, 0.2) is 70.0 Å². The smallest absolute Gasteiger partial charge is 0.362 e. The molecule has 156 valence electrons. The molecular weight excluding hydrogens is 429 g/mol. The SMILES string of the molecule is Cc1cc2c3c4cccnc4oc(=O)c3n(Cc3cc4ccccc4nc3Cl)c2cc1F. The number of pyridine rings is 2. The van der Waals surface area contributed by atoms with Crippen LogP contribution < -0.4 is 5.63 Å². The van der Waals surface area contributed by atoms with Gasteiger partial charge >= 0.3 is 5.63 Å². The maximum Gasteiger partial charge on any atom is 0.362 e. The Kier molecular flexibility index (Phi) is 4.07. The third-order valence-electron chi connectivity index (χ3n) is 5.85. The van der Waals surface area contributed by atoms with E-state index in [2.05, 4.69) is 9.97 Å². The highest BCUT2D eigenvalue weighted by Gasteiger charge is 2.21. The molecule has 0 aliphatic rings. The summed E-state index contributed by atoms with van der Waals surface area (Å²) in [6, 6.07) is 16.4. The van der Waals surface area contributed by atoms with Crippen molar-refractivity contribution in [3.8, 4) is 0 Å². The van der Waals surface area contributed by atoms with Gasteiger partial charge in [0, 0.05) is 33.3 Å². The third-order valence-corrected chi connectivity index (χ3v) is 6.17. The van der Waals surface area contributed by atoms with Crippen molar-refractivity contribution in [1.82, 2.24) is 14.5 Å². The normalized spacial score (nSPS) is 11.8. The summed E-state index contributed by atoms with van der Waals surface area (Å²) < 4.78 is 21.9. The molecule has 0 radical (unpaired) electrons. The van der Waals surface area contributed by atoms with Crippen LogP contribution in [0.1, 0.15) is 11.1 Å². The molecule has 0 atom stereocenters. The molecule has 0 bridgehead atoms. The Hall–Kier alpha value is -3.77. The molecule has 2 aromatic carbocycles. The van der Waals surface area contributed by atoms with Crippen molar-refractivity contribution in [3.05, 3.63) is 93.3 Å². The van der Waals surface area contributed by atoms with Crippen molar-refractivity contribution >= 4 is 55.4 Å². The fourth-order valence-corrected chi connectivity index (χ4v) is 4.55. The van der Waals surface area contributed by atoms with Gasteiger partial charge in [0.1, 0.15) is 16.5 Å². The molecule has 5 nitrogen and oxygen atoms in total. The topological polar surface area (TPSA) is 60.9 Å². The maximum atomic E-state index is 14.6. The first-order chi connectivity index (χ1) is 15.5. The lowest BCUT2D eigenvalue weighted by molar-refractivity contribution is 0.553. The quantitative estimate of drug-likeness (QED) is 0.308. The highest BCUT2D eigenvalue weighted by Crippen LogP contribution is 2.35. The van der Waals surface area contributed by atoms with Crippen molar-refractivity contribution in [2.24, 2.45) is 0 Å². The van der Waals surface area contributed by atoms with Crippen LogP contribution in [0.5, 0.6) is 0 Å². The number of hydrogen-bond acceptors (Lipinski definition) is 4. The Balaban J connectivity index is 1.73. The molecule has 0 fully saturated rings. The van der Waals surface area contributed by atoms with Crippen LogP contribution in [-0.2, 0) is 6.54 Å². The molecule has 0 amide bonds. The van der Waals surface area contributed by atoms with Crippen molar-refractivity contribution < 1.29 is 8.81 Å². The molecule has 7 heteroatoms. The van der Waals surface area contributed by atoms with Crippen LogP contribution in [0.4, 0.5) is 4.39 Å². The number of benzene rings is 2. The van der Waals surface area contributed by atoms with Crippen LogP contribution in [0, 0.1) is 12.7 Å². The van der Waals surface area contributed by atoms with E-state index in [9.17, 15) is 9.18 Å². The number of rotatable bonds is 2. The van der Waals surface area contributed by atoms with Crippen LogP contribution in [0.2, 0.25) is 5.15 Å². The summed E-state index contributed by atoms with van der Waals surface area (Å²) in [5.74, 6) is -0.351. The average molecular weight is 444 g/mol. The summed E-state index contributed by atoms with van der Waals surface area (Å²) in [6.45, 7) is 1.93. The van der Waals surface area contributed by atoms with Crippen molar-refractivity contribution in [1.29, 1.82) is 0 Å². The molecule has 4 heterocycles. The molecule has 6 aromatic rings. The first kappa shape index (κ1) is 19.0. The van der Waals surface area contributed by atoms with Gasteiger partial charge < -0.3 is 8.98 Å². The zero-order chi connectivity index (χ0) is 22.0. The van der Waals surface area contributed by atoms with Gasteiger partial charge in [-0.25, -0.2) is 19.2 Å². The second kappa shape index (κ2) is 6.87. The lowest BCUT2D eigenvalue weighted by Crippen LogP contribution is -2.09. The Morgan fingerprint density at radius 1 is 1.09 bits per heavy atom. The number of aryl methyl sites for hydroxylation is 1. The summed E-state index contributed by atoms with van der Waals surface area (Å²) >= 11 is 6.50. The summed E-state index contributed by atoms with van der Waals surface area (Å²) in [5.41, 5.74) is 2.62. The highest BCUT2D eigenvalue weighted by molar-refractivity contribution is 6.30. The summed E-state index contributed by atoms with van der Waals surface area (Å²) in [6.07, 6.45) is 1.57. The summed E-state index contributed by atoms with van der Waals surface area (Å²) in [7, 11) is 0. The monoisotopic (exact) mass is 443 g/mol. The number of aromatic nitrogens is 3. The van der Waals surface area contributed by atoms with E-state index in [0.29, 0.717) is 32.5 Å². The van der Waals surface area contributed by atoms with Gasteiger partial charge in [0.2, 0.25) is 5.71 Å². The Morgan fingerprint density at radius 3 is 2.81 bits per heavy atom. The second-order valence-electron chi connectivity index (χ2n) is 7.80. The molecule has 4 aromatic heterocycles. The lowest BCUT2D eigenvalue weighted by atomic mass is 10.1. The van der Waals surface area contributed by atoms with Gasteiger partial charge in [0.15, 0.2) is 0 Å². The summed E-state index contributed by atoms with van der Waals surface area (Å²) in [4.78, 5) is 21.8. The van der Waals surface area contributed by atoms with E-state index in [1.807, 2.05) is 36.4 Å². The summed E-state index contributed by atoms with van der Waals surface area (Å²) in [5, 5.41) is 3.40. The van der Waals surface area contributed by atoms with E-state index in [1.165, 1.54) is 6.07 Å². The van der Waals surface area contributed by atoms with Crippen molar-refractivity contribution in [3.63, 3.8) is 0 Å². The largest absolute Gasteiger partial charge is 0.402 e. The van der Waals surface area contributed by atoms with Gasteiger partial charge in [-0.15, -0.1) is 0 Å². The molecule has 0 unspecified atom stereocenters. The number of halogens is 2. The number of para-hydroxylation sites is 1. The van der Waals surface area contributed by atoms with Gasteiger partial charge in [0.25, 0.3) is 0 Å². The van der Waals surface area contributed by atoms with Crippen LogP contribution >= 0.6 is 11.6 Å². The van der Waals surface area contributed by atoms with Gasteiger partial charge in [-0.1, -0.05) is 29.8 Å². The van der Waals surface area contributed by atoms with Crippen LogP contribution in [0.3, 0.4) is 0 Å². The van der Waals surface area contributed by atoms with E-state index in [4.69, 9.17) is 16.0 Å². The minimum absolute atomic E-state index is 0.232. The molecule has 0 saturated heterocycles. The minimum Gasteiger partial charge on any atom is -0.402 e. The molecule has 0 N–H and O–H groups in total. The van der Waals surface area contributed by atoms with Crippen LogP contribution in [0.25, 0.3) is 43.8 Å². The van der Waals surface area contributed by atoms with Gasteiger partial charge in [-0.05, 0) is 48.9 Å². The predicted octanol–water partition coefficient (Wildman–Crippen LogP) is 5.99. The highest BCUT2D eigenvalue weighted by atomic mass is 35.5. The van der Waals surface area contributed by atoms with Gasteiger partial charge in [0.05, 0.1) is 17.6 Å². The Labute approximate surface area is 185 Å². The third kappa shape index (κ3) is 2.73. The molecule has 0 aliphatic carbocycles. The standard InChI is InChI=1S/C25H15ClFN3O2/c1-13-9-17-20(11-18(13)27)30(12-15-10-14-5-2-3-7-19(14)29-23(15)26)22-21(17)16-6-4-8-28-24(16)32-25(22)31/h2-11H,12H2,1H3. The minimum atomic E-state index is -0.537. The number of fused-ring (bicyclic) bond motifs is 6. The second-order valence-corrected chi connectivity index (χ2v) is 8.16. The first-order valence-corrected chi connectivity index (χ1v) is 10.4. The first-order valence-electron chi connectivity index (χ1n) is 10.1. The molecule has 0 saturated carbocycles. The maximum absolute atomic E-state index is 14.6. The molecule has 32 heavy (non-hydrogen) atoms. The van der Waals surface area contributed by atoms with Gasteiger partial charge in [-0.2, -0.15) is 0 Å². The number of hydrogen-bond donors (Lipinski definition) is 0. The molecule has 6 rings (SSSR count). The van der Waals surface area contributed by atoms with E-state index in [0.717, 1.165) is 21.9 Å². The zero-order valence-electron chi connectivity index (χ0n) is 16.9. The van der Waals surface area contributed by atoms with E-state index in [1.54, 1.807) is 29.8 Å². The van der Waals surface area contributed by atoms with E-state index < -0.39 is 5.63 Å². The molecule has 0 aliphatic heterocycles. The van der Waals surface area contributed by atoms with Crippen LogP contribution in [-0.4, -0.2) is 14.5 Å². The molecule has 0 spiro atoms. The van der Waals surface area contributed by atoms with Crippen molar-refractivity contribution in [2.75, 3.05) is 0 Å². The lowest BCUT2D eigenvalue weighted by Gasteiger charge is -2.10. The van der Waals surface area contributed by atoms with E-state index >= 15 is 0 Å². The number of nitrogens with zero attached hydrogens (tertiary/aromatic N) is 3. The van der Waals surface area contributed by atoms with E-state index in [-0.39, 0.29) is 18.1 Å². The molecular formula is C25H15ClFN3O2. The van der Waals surface area contributed by atoms with Crippen molar-refractivity contribution in [2.45, 2.75) is 13.5 Å². The predicted molar refractivity (Wildman–Crippen MR) is 124 cm³/mol. The fraction of sp³-hybridized carbons (Fsp3) is 0.0800. The zero-order valence-corrected chi connectivity index (χ0v) is 17.7. The average Bonchev–Trinajstić information content (AvgIpc) is 3.08. The Bertz CT molecular complexity index is 1770. The Morgan fingerprint density at radius 2 is 1.94 bits per heavy atom.